The number of benzene rings is 3. The SMILES string of the molecule is CCN(CC)c1ccc(CNC(=O)[C@@H](C)Oc2ccc3ccccc3c2)cc1. The molecule has 0 aliphatic heterocycles. The lowest BCUT2D eigenvalue weighted by Gasteiger charge is -2.21. The van der Waals surface area contributed by atoms with E-state index in [9.17, 15) is 4.79 Å². The standard InChI is InChI=1S/C24H28N2O2/c1-4-26(5-2)22-13-10-19(11-14-22)17-25-24(27)18(3)28-23-15-12-20-8-6-7-9-21(20)16-23/h6-16,18H,4-5,17H2,1-3H3,(H,25,27)/t18-/m1/s1. The summed E-state index contributed by atoms with van der Waals surface area (Å²) in [5.41, 5.74) is 2.27. The number of carbonyl (C=O) groups is 1. The maximum Gasteiger partial charge on any atom is 0.261 e. The van der Waals surface area contributed by atoms with Crippen LogP contribution in [0.5, 0.6) is 5.75 Å². The van der Waals surface area contributed by atoms with Gasteiger partial charge in [-0.05, 0) is 61.4 Å². The van der Waals surface area contributed by atoms with Crippen molar-refractivity contribution in [2.45, 2.75) is 33.4 Å². The molecule has 3 rings (SSSR count). The van der Waals surface area contributed by atoms with Crippen molar-refractivity contribution in [3.63, 3.8) is 0 Å². The van der Waals surface area contributed by atoms with E-state index in [1.807, 2.05) is 36.4 Å². The van der Waals surface area contributed by atoms with Gasteiger partial charge in [-0.2, -0.15) is 0 Å². The molecule has 0 fully saturated rings. The molecule has 0 unspecified atom stereocenters. The van der Waals surface area contributed by atoms with E-state index in [0.29, 0.717) is 12.3 Å². The minimum absolute atomic E-state index is 0.124. The third-order valence-electron chi connectivity index (χ3n) is 4.93. The Morgan fingerprint density at radius 3 is 2.32 bits per heavy atom. The molecule has 4 nitrogen and oxygen atoms in total. The molecular formula is C24H28N2O2. The van der Waals surface area contributed by atoms with Crippen LogP contribution in [0.4, 0.5) is 5.69 Å². The molecule has 0 saturated carbocycles. The topological polar surface area (TPSA) is 41.6 Å². The predicted octanol–water partition coefficient (Wildman–Crippen LogP) is 4.77. The van der Waals surface area contributed by atoms with E-state index in [1.54, 1.807) is 6.92 Å². The van der Waals surface area contributed by atoms with Crippen molar-refractivity contribution < 1.29 is 9.53 Å². The lowest BCUT2D eigenvalue weighted by Crippen LogP contribution is -2.35. The normalized spacial score (nSPS) is 11.8. The molecule has 3 aromatic carbocycles. The van der Waals surface area contributed by atoms with Crippen molar-refractivity contribution >= 4 is 22.4 Å². The minimum Gasteiger partial charge on any atom is -0.481 e. The highest BCUT2D eigenvalue weighted by Gasteiger charge is 2.14. The first-order valence-electron chi connectivity index (χ1n) is 9.87. The van der Waals surface area contributed by atoms with Crippen LogP contribution in [-0.2, 0) is 11.3 Å². The van der Waals surface area contributed by atoms with Crippen LogP contribution < -0.4 is 15.0 Å². The Hall–Kier alpha value is -3.01. The molecule has 1 amide bonds. The van der Waals surface area contributed by atoms with Crippen LogP contribution in [0, 0.1) is 0 Å². The number of carbonyl (C=O) groups excluding carboxylic acids is 1. The highest BCUT2D eigenvalue weighted by atomic mass is 16.5. The Morgan fingerprint density at radius 1 is 0.964 bits per heavy atom. The fraction of sp³-hybridized carbons (Fsp3) is 0.292. The Labute approximate surface area is 167 Å². The van der Waals surface area contributed by atoms with E-state index in [4.69, 9.17) is 4.74 Å². The summed E-state index contributed by atoms with van der Waals surface area (Å²) in [6.07, 6.45) is -0.559. The van der Waals surface area contributed by atoms with Gasteiger partial charge in [0.25, 0.3) is 5.91 Å². The van der Waals surface area contributed by atoms with Crippen molar-refractivity contribution in [1.29, 1.82) is 0 Å². The molecule has 28 heavy (non-hydrogen) atoms. The van der Waals surface area contributed by atoms with Crippen molar-refractivity contribution in [2.24, 2.45) is 0 Å². The molecular weight excluding hydrogens is 348 g/mol. The number of anilines is 1. The fourth-order valence-corrected chi connectivity index (χ4v) is 3.24. The Morgan fingerprint density at radius 2 is 1.64 bits per heavy atom. The summed E-state index contributed by atoms with van der Waals surface area (Å²) >= 11 is 0. The number of hydrogen-bond acceptors (Lipinski definition) is 3. The quantitative estimate of drug-likeness (QED) is 0.616. The monoisotopic (exact) mass is 376 g/mol. The number of nitrogens with one attached hydrogen (secondary N) is 1. The van der Waals surface area contributed by atoms with Gasteiger partial charge in [-0.15, -0.1) is 0 Å². The van der Waals surface area contributed by atoms with Crippen LogP contribution in [0.3, 0.4) is 0 Å². The molecule has 0 spiro atoms. The van der Waals surface area contributed by atoms with Gasteiger partial charge in [-0.25, -0.2) is 0 Å². The van der Waals surface area contributed by atoms with Gasteiger partial charge in [0.2, 0.25) is 0 Å². The summed E-state index contributed by atoms with van der Waals surface area (Å²) in [7, 11) is 0. The van der Waals surface area contributed by atoms with E-state index < -0.39 is 6.10 Å². The molecule has 0 radical (unpaired) electrons. The van der Waals surface area contributed by atoms with Crippen LogP contribution >= 0.6 is 0 Å². The molecule has 0 heterocycles. The zero-order valence-corrected chi connectivity index (χ0v) is 16.8. The highest BCUT2D eigenvalue weighted by Crippen LogP contribution is 2.21. The number of amides is 1. The van der Waals surface area contributed by atoms with E-state index in [0.717, 1.165) is 29.4 Å². The first-order chi connectivity index (χ1) is 13.6. The molecule has 3 aromatic rings. The highest BCUT2D eigenvalue weighted by molar-refractivity contribution is 5.84. The van der Waals surface area contributed by atoms with Crippen LogP contribution in [-0.4, -0.2) is 25.1 Å². The van der Waals surface area contributed by atoms with Gasteiger partial charge < -0.3 is 15.0 Å². The summed E-state index contributed by atoms with van der Waals surface area (Å²) < 4.78 is 5.83. The average Bonchev–Trinajstić information content (AvgIpc) is 2.73. The zero-order chi connectivity index (χ0) is 19.9. The molecule has 0 aliphatic rings. The predicted molar refractivity (Wildman–Crippen MR) is 116 cm³/mol. The third kappa shape index (κ3) is 4.83. The molecule has 1 N–H and O–H groups in total. The summed E-state index contributed by atoms with van der Waals surface area (Å²) in [4.78, 5) is 14.7. The van der Waals surface area contributed by atoms with E-state index in [-0.39, 0.29) is 5.91 Å². The van der Waals surface area contributed by atoms with Gasteiger partial charge >= 0.3 is 0 Å². The summed E-state index contributed by atoms with van der Waals surface area (Å²) in [6, 6.07) is 22.3. The zero-order valence-electron chi connectivity index (χ0n) is 16.8. The lowest BCUT2D eigenvalue weighted by molar-refractivity contribution is -0.127. The van der Waals surface area contributed by atoms with Crippen LogP contribution in [0.25, 0.3) is 10.8 Å². The summed E-state index contributed by atoms with van der Waals surface area (Å²) in [5.74, 6) is 0.575. The number of nitrogens with zero attached hydrogens (tertiary/aromatic N) is 1. The van der Waals surface area contributed by atoms with Crippen molar-refractivity contribution in [2.75, 3.05) is 18.0 Å². The largest absolute Gasteiger partial charge is 0.481 e. The van der Waals surface area contributed by atoms with Crippen molar-refractivity contribution in [3.05, 3.63) is 72.3 Å². The Balaban J connectivity index is 1.55. The van der Waals surface area contributed by atoms with Crippen molar-refractivity contribution in [3.8, 4) is 5.75 Å². The smallest absolute Gasteiger partial charge is 0.261 e. The molecule has 4 heteroatoms. The van der Waals surface area contributed by atoms with Crippen LogP contribution in [0.15, 0.2) is 66.7 Å². The van der Waals surface area contributed by atoms with Crippen LogP contribution in [0.2, 0.25) is 0 Å². The second-order valence-corrected chi connectivity index (χ2v) is 6.83. The second-order valence-electron chi connectivity index (χ2n) is 6.83. The second kappa shape index (κ2) is 9.27. The first-order valence-corrected chi connectivity index (χ1v) is 9.87. The van der Waals surface area contributed by atoms with Crippen molar-refractivity contribution in [1.82, 2.24) is 5.32 Å². The van der Waals surface area contributed by atoms with E-state index in [1.165, 1.54) is 5.69 Å². The summed E-state index contributed by atoms with van der Waals surface area (Å²) in [5, 5.41) is 5.21. The molecule has 0 bridgehead atoms. The van der Waals surface area contributed by atoms with Gasteiger partial charge in [0.05, 0.1) is 0 Å². The number of fused-ring (bicyclic) bond motifs is 1. The van der Waals surface area contributed by atoms with Gasteiger partial charge in [-0.1, -0.05) is 42.5 Å². The van der Waals surface area contributed by atoms with Crippen LogP contribution in [0.1, 0.15) is 26.3 Å². The van der Waals surface area contributed by atoms with Gasteiger partial charge in [0, 0.05) is 25.3 Å². The van der Waals surface area contributed by atoms with E-state index in [2.05, 4.69) is 54.4 Å². The Kier molecular flexibility index (Phi) is 6.53. The summed E-state index contributed by atoms with van der Waals surface area (Å²) in [6.45, 7) is 8.52. The van der Waals surface area contributed by atoms with E-state index >= 15 is 0 Å². The maximum atomic E-state index is 12.4. The average molecular weight is 377 g/mol. The third-order valence-corrected chi connectivity index (χ3v) is 4.93. The lowest BCUT2D eigenvalue weighted by atomic mass is 10.1. The van der Waals surface area contributed by atoms with Gasteiger partial charge in [0.1, 0.15) is 5.75 Å². The number of hydrogen-bond donors (Lipinski definition) is 1. The molecule has 0 aromatic heterocycles. The number of ether oxygens (including phenoxy) is 1. The van der Waals surface area contributed by atoms with Gasteiger partial charge in [-0.3, -0.25) is 4.79 Å². The maximum absolute atomic E-state index is 12.4. The first kappa shape index (κ1) is 19.7. The minimum atomic E-state index is -0.559. The molecule has 0 aliphatic carbocycles. The van der Waals surface area contributed by atoms with Gasteiger partial charge in [0.15, 0.2) is 6.10 Å². The molecule has 0 saturated heterocycles. The number of rotatable bonds is 8. The molecule has 1 atom stereocenters. The fourth-order valence-electron chi connectivity index (χ4n) is 3.24. The Bertz CT molecular complexity index is 917. The molecule has 146 valence electrons.